The quantitative estimate of drug-likeness (QED) is 0.622. The van der Waals surface area contributed by atoms with Crippen molar-refractivity contribution in [3.05, 3.63) is 0 Å². The second-order valence-corrected chi connectivity index (χ2v) is 3.57. The fourth-order valence-electron chi connectivity index (χ4n) is 1.05. The number of ether oxygens (including phenoxy) is 1. The van der Waals surface area contributed by atoms with Crippen molar-refractivity contribution >= 4 is 0 Å². The lowest BCUT2D eigenvalue weighted by atomic mass is 9.88. The normalized spacial score (nSPS) is 18.8. The van der Waals surface area contributed by atoms with Gasteiger partial charge in [0, 0.05) is 13.0 Å². The van der Waals surface area contributed by atoms with Gasteiger partial charge in [0.1, 0.15) is 0 Å². The van der Waals surface area contributed by atoms with E-state index in [0.29, 0.717) is 6.61 Å². The molecule has 0 amide bonds. The van der Waals surface area contributed by atoms with E-state index in [2.05, 4.69) is 5.32 Å². The zero-order valence-electron chi connectivity index (χ0n) is 8.55. The molecule has 0 fully saturated rings. The van der Waals surface area contributed by atoms with Crippen molar-refractivity contribution in [3.8, 4) is 0 Å². The van der Waals surface area contributed by atoms with Gasteiger partial charge in [0.05, 0.1) is 12.2 Å². The Morgan fingerprint density at radius 3 is 2.58 bits per heavy atom. The van der Waals surface area contributed by atoms with Crippen molar-refractivity contribution in [2.24, 2.45) is 5.92 Å². The Hall–Kier alpha value is -0.120. The summed E-state index contributed by atoms with van der Waals surface area (Å²) >= 11 is 0. The molecule has 0 aliphatic rings. The van der Waals surface area contributed by atoms with Crippen LogP contribution < -0.4 is 5.32 Å². The Balaban J connectivity index is 3.81. The molecule has 0 aliphatic heterocycles. The van der Waals surface area contributed by atoms with Gasteiger partial charge in [-0.25, -0.2) is 0 Å². The van der Waals surface area contributed by atoms with Gasteiger partial charge < -0.3 is 15.2 Å². The number of nitrogens with one attached hydrogen (secondary N) is 1. The smallest absolute Gasteiger partial charge is 0.0679 e. The lowest BCUT2D eigenvalue weighted by molar-refractivity contribution is -0.0305. The molecule has 3 heteroatoms. The molecule has 3 nitrogen and oxygen atoms in total. The maximum absolute atomic E-state index is 9.93. The summed E-state index contributed by atoms with van der Waals surface area (Å²) in [5.74, 6) is 0.177. The molecule has 0 aromatic rings. The van der Waals surface area contributed by atoms with E-state index in [1.807, 2.05) is 20.9 Å². The van der Waals surface area contributed by atoms with E-state index in [-0.39, 0.29) is 5.92 Å². The zero-order valence-corrected chi connectivity index (χ0v) is 8.55. The van der Waals surface area contributed by atoms with Crippen molar-refractivity contribution in [3.63, 3.8) is 0 Å². The first kappa shape index (κ1) is 11.9. The van der Waals surface area contributed by atoms with Crippen molar-refractivity contribution in [1.29, 1.82) is 0 Å². The first-order chi connectivity index (χ1) is 5.54. The Morgan fingerprint density at radius 1 is 1.58 bits per heavy atom. The van der Waals surface area contributed by atoms with E-state index in [1.54, 1.807) is 7.11 Å². The van der Waals surface area contributed by atoms with Crippen molar-refractivity contribution in [2.45, 2.75) is 25.9 Å². The molecule has 0 radical (unpaired) electrons. The van der Waals surface area contributed by atoms with Gasteiger partial charge >= 0.3 is 0 Å². The second kappa shape index (κ2) is 5.51. The molecule has 0 bridgehead atoms. The maximum atomic E-state index is 9.93. The molecule has 0 rings (SSSR count). The van der Waals surface area contributed by atoms with Crippen LogP contribution in [0.2, 0.25) is 0 Å². The van der Waals surface area contributed by atoms with Crippen LogP contribution in [-0.2, 0) is 4.74 Å². The highest BCUT2D eigenvalue weighted by molar-refractivity contribution is 4.79. The first-order valence-electron chi connectivity index (χ1n) is 4.40. The standard InChI is InChI=1S/C9H21NO2/c1-8(7-12-4)9(2,11)5-6-10-3/h8,10-11H,5-7H2,1-4H3. The van der Waals surface area contributed by atoms with E-state index < -0.39 is 5.60 Å². The summed E-state index contributed by atoms with van der Waals surface area (Å²) in [6.45, 7) is 5.30. The number of aliphatic hydroxyl groups is 1. The molecule has 0 saturated heterocycles. The van der Waals surface area contributed by atoms with Crippen LogP contribution in [0.25, 0.3) is 0 Å². The molecular weight excluding hydrogens is 154 g/mol. The molecular formula is C9H21NO2. The third-order valence-corrected chi connectivity index (χ3v) is 2.36. The minimum atomic E-state index is -0.626. The fraction of sp³-hybridized carbons (Fsp3) is 1.00. The summed E-state index contributed by atoms with van der Waals surface area (Å²) in [4.78, 5) is 0. The van der Waals surface area contributed by atoms with Gasteiger partial charge in [-0.15, -0.1) is 0 Å². The van der Waals surface area contributed by atoms with E-state index in [1.165, 1.54) is 0 Å². The molecule has 0 aliphatic carbocycles. The highest BCUT2D eigenvalue weighted by Gasteiger charge is 2.27. The topological polar surface area (TPSA) is 41.5 Å². The molecule has 0 heterocycles. The van der Waals surface area contributed by atoms with Crippen LogP contribution in [0.4, 0.5) is 0 Å². The fourth-order valence-corrected chi connectivity index (χ4v) is 1.05. The van der Waals surface area contributed by atoms with Crippen molar-refractivity contribution in [1.82, 2.24) is 5.32 Å². The Bertz CT molecular complexity index is 115. The van der Waals surface area contributed by atoms with Crippen molar-refractivity contribution < 1.29 is 9.84 Å². The van der Waals surface area contributed by atoms with Gasteiger partial charge in [-0.05, 0) is 26.9 Å². The van der Waals surface area contributed by atoms with E-state index in [0.717, 1.165) is 13.0 Å². The van der Waals surface area contributed by atoms with Crippen LogP contribution >= 0.6 is 0 Å². The van der Waals surface area contributed by atoms with Crippen LogP contribution in [0.1, 0.15) is 20.3 Å². The molecule has 0 spiro atoms. The Morgan fingerprint density at radius 2 is 2.17 bits per heavy atom. The average molecular weight is 175 g/mol. The lowest BCUT2D eigenvalue weighted by Crippen LogP contribution is -2.37. The third kappa shape index (κ3) is 4.04. The van der Waals surface area contributed by atoms with Crippen LogP contribution in [0.5, 0.6) is 0 Å². The predicted molar refractivity (Wildman–Crippen MR) is 50.2 cm³/mol. The number of hydrogen-bond acceptors (Lipinski definition) is 3. The highest BCUT2D eigenvalue weighted by atomic mass is 16.5. The SMILES string of the molecule is CNCCC(C)(O)C(C)COC. The summed E-state index contributed by atoms with van der Waals surface area (Å²) in [5.41, 5.74) is -0.626. The average Bonchev–Trinajstić information content (AvgIpc) is 2.01. The first-order valence-corrected chi connectivity index (χ1v) is 4.40. The monoisotopic (exact) mass is 175 g/mol. The molecule has 2 atom stereocenters. The molecule has 12 heavy (non-hydrogen) atoms. The maximum Gasteiger partial charge on any atom is 0.0679 e. The molecule has 0 aromatic carbocycles. The van der Waals surface area contributed by atoms with E-state index >= 15 is 0 Å². The van der Waals surface area contributed by atoms with Gasteiger partial charge in [-0.3, -0.25) is 0 Å². The number of rotatable bonds is 6. The van der Waals surface area contributed by atoms with Crippen LogP contribution in [-0.4, -0.2) is 38.0 Å². The minimum absolute atomic E-state index is 0.177. The second-order valence-electron chi connectivity index (χ2n) is 3.57. The van der Waals surface area contributed by atoms with E-state index in [4.69, 9.17) is 4.74 Å². The highest BCUT2D eigenvalue weighted by Crippen LogP contribution is 2.20. The van der Waals surface area contributed by atoms with Gasteiger partial charge in [0.25, 0.3) is 0 Å². The summed E-state index contributed by atoms with van der Waals surface area (Å²) in [5, 5.41) is 12.9. The minimum Gasteiger partial charge on any atom is -0.390 e. The largest absolute Gasteiger partial charge is 0.390 e. The lowest BCUT2D eigenvalue weighted by Gasteiger charge is -2.29. The summed E-state index contributed by atoms with van der Waals surface area (Å²) in [6, 6.07) is 0. The van der Waals surface area contributed by atoms with Gasteiger partial charge in [-0.2, -0.15) is 0 Å². The van der Waals surface area contributed by atoms with E-state index in [9.17, 15) is 5.11 Å². The predicted octanol–water partition coefficient (Wildman–Crippen LogP) is 0.629. The molecule has 2 unspecified atom stereocenters. The van der Waals surface area contributed by atoms with Crippen LogP contribution in [0.15, 0.2) is 0 Å². The number of methoxy groups -OCH3 is 1. The Labute approximate surface area is 75.1 Å². The molecule has 2 N–H and O–H groups in total. The van der Waals surface area contributed by atoms with Gasteiger partial charge in [0.2, 0.25) is 0 Å². The van der Waals surface area contributed by atoms with Crippen LogP contribution in [0.3, 0.4) is 0 Å². The Kier molecular flexibility index (Phi) is 5.46. The van der Waals surface area contributed by atoms with Crippen molar-refractivity contribution in [2.75, 3.05) is 27.3 Å². The summed E-state index contributed by atoms with van der Waals surface area (Å²) in [7, 11) is 3.54. The molecule has 0 aromatic heterocycles. The third-order valence-electron chi connectivity index (χ3n) is 2.36. The zero-order chi connectivity index (χ0) is 9.61. The van der Waals surface area contributed by atoms with Gasteiger partial charge in [-0.1, -0.05) is 6.92 Å². The number of hydrogen-bond donors (Lipinski definition) is 2. The summed E-state index contributed by atoms with van der Waals surface area (Å²) < 4.78 is 4.99. The molecule has 0 saturated carbocycles. The molecule has 74 valence electrons. The summed E-state index contributed by atoms with van der Waals surface area (Å²) in [6.07, 6.45) is 0.758. The van der Waals surface area contributed by atoms with Crippen LogP contribution in [0, 0.1) is 5.92 Å². The van der Waals surface area contributed by atoms with Gasteiger partial charge in [0.15, 0.2) is 0 Å².